The van der Waals surface area contributed by atoms with E-state index < -0.39 is 6.17 Å². The topological polar surface area (TPSA) is 71.3 Å². The monoisotopic (exact) mass is 398 g/mol. The van der Waals surface area contributed by atoms with Crippen LogP contribution in [-0.4, -0.2) is 46.0 Å². The zero-order valence-corrected chi connectivity index (χ0v) is 16.3. The Hall–Kier alpha value is -2.58. The molecule has 8 heteroatoms. The summed E-state index contributed by atoms with van der Waals surface area (Å²) in [6.45, 7) is 3.88. The van der Waals surface area contributed by atoms with Gasteiger partial charge in [-0.05, 0) is 49.1 Å². The summed E-state index contributed by atoms with van der Waals surface area (Å²) >= 11 is 0. The van der Waals surface area contributed by atoms with Gasteiger partial charge in [0.2, 0.25) is 0 Å². The lowest BCUT2D eigenvalue weighted by Gasteiger charge is -2.25. The molecule has 0 radical (unpaired) electrons. The summed E-state index contributed by atoms with van der Waals surface area (Å²) < 4.78 is 32.6. The maximum absolute atomic E-state index is 14.1. The van der Waals surface area contributed by atoms with E-state index in [9.17, 15) is 4.39 Å². The first-order valence-electron chi connectivity index (χ1n) is 9.97. The first-order valence-corrected chi connectivity index (χ1v) is 9.97. The maximum atomic E-state index is 14.1. The van der Waals surface area contributed by atoms with Crippen molar-refractivity contribution < 1.29 is 18.6 Å². The number of aromatic nitrogens is 4. The summed E-state index contributed by atoms with van der Waals surface area (Å²) in [5.74, 6) is 0.746. The molecule has 3 atom stereocenters. The molecule has 2 aliphatic heterocycles. The van der Waals surface area contributed by atoms with E-state index in [0.717, 1.165) is 35.2 Å². The molecule has 0 bridgehead atoms. The van der Waals surface area contributed by atoms with Crippen molar-refractivity contribution in [2.75, 3.05) is 19.8 Å². The molecule has 7 nitrogen and oxygen atoms in total. The molecule has 29 heavy (non-hydrogen) atoms. The number of benzene rings is 1. The second-order valence-electron chi connectivity index (χ2n) is 7.57. The fourth-order valence-corrected chi connectivity index (χ4v) is 4.01. The van der Waals surface area contributed by atoms with E-state index >= 15 is 0 Å². The molecule has 3 unspecified atom stereocenters. The lowest BCUT2D eigenvalue weighted by molar-refractivity contribution is -0.000653. The standard InChI is InChI=1S/C21H23FN4O3/c1-13(20-10-26(25-24-20)21-5-7-28-12-18(21)22)29-15-2-3-19-17(8-15)16-4-6-27-11-14(16)9-23-19/h2-3,8-10,13,18,21H,4-7,11-12H2,1H3. The summed E-state index contributed by atoms with van der Waals surface area (Å²) in [7, 11) is 0. The zero-order valence-electron chi connectivity index (χ0n) is 16.3. The number of ether oxygens (including phenoxy) is 3. The molecule has 0 aliphatic carbocycles. The molecule has 1 saturated heterocycles. The van der Waals surface area contributed by atoms with E-state index in [1.807, 2.05) is 31.3 Å². The maximum Gasteiger partial charge on any atom is 0.146 e. The molecule has 0 spiro atoms. The summed E-state index contributed by atoms with van der Waals surface area (Å²) in [6.07, 6.45) is 3.75. The minimum Gasteiger partial charge on any atom is -0.484 e. The number of pyridine rings is 1. The minimum atomic E-state index is -1.07. The first kappa shape index (κ1) is 18.4. The summed E-state index contributed by atoms with van der Waals surface area (Å²) in [5, 5.41) is 9.43. The number of rotatable bonds is 4. The number of hydrogen-bond acceptors (Lipinski definition) is 6. The van der Waals surface area contributed by atoms with Gasteiger partial charge in [0.1, 0.15) is 23.7 Å². The highest BCUT2D eigenvalue weighted by Crippen LogP contribution is 2.30. The Balaban J connectivity index is 1.37. The van der Waals surface area contributed by atoms with Crippen molar-refractivity contribution in [3.63, 3.8) is 0 Å². The largest absolute Gasteiger partial charge is 0.484 e. The Morgan fingerprint density at radius 3 is 3.10 bits per heavy atom. The first-order chi connectivity index (χ1) is 14.2. The van der Waals surface area contributed by atoms with Crippen LogP contribution in [0.15, 0.2) is 30.6 Å². The molecular formula is C21H23FN4O3. The summed E-state index contributed by atoms with van der Waals surface area (Å²) in [5.41, 5.74) is 4.03. The van der Waals surface area contributed by atoms with Crippen LogP contribution in [0.25, 0.3) is 10.9 Å². The Morgan fingerprint density at radius 2 is 2.21 bits per heavy atom. The van der Waals surface area contributed by atoms with Crippen molar-refractivity contribution in [2.45, 2.75) is 44.7 Å². The highest BCUT2D eigenvalue weighted by molar-refractivity contribution is 5.84. The second-order valence-corrected chi connectivity index (χ2v) is 7.57. The highest BCUT2D eigenvalue weighted by Gasteiger charge is 2.28. The third-order valence-corrected chi connectivity index (χ3v) is 5.64. The predicted molar refractivity (Wildman–Crippen MR) is 104 cm³/mol. The van der Waals surface area contributed by atoms with Crippen LogP contribution in [0.2, 0.25) is 0 Å². The van der Waals surface area contributed by atoms with Gasteiger partial charge in [-0.3, -0.25) is 4.98 Å². The molecule has 5 rings (SSSR count). The SMILES string of the molecule is CC(Oc1ccc2ncc3c(c2c1)CCOC3)c1cn(C2CCOCC2F)nn1. The van der Waals surface area contributed by atoms with Crippen molar-refractivity contribution in [3.05, 3.63) is 47.4 Å². The van der Waals surface area contributed by atoms with Gasteiger partial charge >= 0.3 is 0 Å². The van der Waals surface area contributed by atoms with E-state index in [1.165, 1.54) is 5.56 Å². The van der Waals surface area contributed by atoms with E-state index in [-0.39, 0.29) is 18.8 Å². The van der Waals surface area contributed by atoms with Gasteiger partial charge in [-0.1, -0.05) is 5.21 Å². The van der Waals surface area contributed by atoms with Crippen LogP contribution in [-0.2, 0) is 22.5 Å². The molecule has 1 aromatic carbocycles. The predicted octanol–water partition coefficient (Wildman–Crippen LogP) is 3.34. The Kier molecular flexibility index (Phi) is 4.89. The average molecular weight is 398 g/mol. The molecule has 0 saturated carbocycles. The molecule has 4 heterocycles. The van der Waals surface area contributed by atoms with Gasteiger partial charge < -0.3 is 14.2 Å². The lowest BCUT2D eigenvalue weighted by Crippen LogP contribution is -2.31. The summed E-state index contributed by atoms with van der Waals surface area (Å²) in [4.78, 5) is 4.53. The van der Waals surface area contributed by atoms with Crippen molar-refractivity contribution in [2.24, 2.45) is 0 Å². The van der Waals surface area contributed by atoms with Crippen LogP contribution < -0.4 is 4.74 Å². The minimum absolute atomic E-state index is 0.104. The molecule has 0 N–H and O–H groups in total. The molecule has 1 fully saturated rings. The van der Waals surface area contributed by atoms with Crippen LogP contribution >= 0.6 is 0 Å². The van der Waals surface area contributed by atoms with Gasteiger partial charge in [-0.25, -0.2) is 9.07 Å². The summed E-state index contributed by atoms with van der Waals surface area (Å²) in [6, 6.07) is 5.58. The van der Waals surface area contributed by atoms with Gasteiger partial charge in [0.25, 0.3) is 0 Å². The molecule has 2 aromatic heterocycles. The van der Waals surface area contributed by atoms with E-state index in [0.29, 0.717) is 25.3 Å². The van der Waals surface area contributed by atoms with Crippen LogP contribution in [0.1, 0.15) is 42.3 Å². The van der Waals surface area contributed by atoms with Crippen LogP contribution in [0.4, 0.5) is 4.39 Å². The number of nitrogens with zero attached hydrogens (tertiary/aromatic N) is 4. The fraction of sp³-hybridized carbons (Fsp3) is 0.476. The third kappa shape index (κ3) is 3.58. The van der Waals surface area contributed by atoms with Crippen LogP contribution in [0, 0.1) is 0 Å². The third-order valence-electron chi connectivity index (χ3n) is 5.64. The van der Waals surface area contributed by atoms with Crippen LogP contribution in [0.5, 0.6) is 5.75 Å². The number of halogens is 1. The van der Waals surface area contributed by atoms with Crippen LogP contribution in [0.3, 0.4) is 0 Å². The van der Waals surface area contributed by atoms with Gasteiger partial charge in [0.05, 0.1) is 37.6 Å². The molecule has 3 aromatic rings. The number of alkyl halides is 1. The van der Waals surface area contributed by atoms with Gasteiger partial charge in [-0.2, -0.15) is 0 Å². The number of fused-ring (bicyclic) bond motifs is 3. The molecular weight excluding hydrogens is 375 g/mol. The van der Waals surface area contributed by atoms with Crippen molar-refractivity contribution in [1.82, 2.24) is 20.0 Å². The van der Waals surface area contributed by atoms with Gasteiger partial charge in [-0.15, -0.1) is 5.10 Å². The fourth-order valence-electron chi connectivity index (χ4n) is 4.01. The second kappa shape index (κ2) is 7.68. The van der Waals surface area contributed by atoms with Gasteiger partial charge in [0.15, 0.2) is 0 Å². The quantitative estimate of drug-likeness (QED) is 0.671. The lowest BCUT2D eigenvalue weighted by atomic mass is 10.00. The van der Waals surface area contributed by atoms with E-state index in [4.69, 9.17) is 14.2 Å². The Labute approximate surface area is 167 Å². The van der Waals surface area contributed by atoms with Crippen molar-refractivity contribution >= 4 is 10.9 Å². The van der Waals surface area contributed by atoms with E-state index in [1.54, 1.807) is 10.9 Å². The number of hydrogen-bond donors (Lipinski definition) is 0. The Morgan fingerprint density at radius 1 is 1.28 bits per heavy atom. The molecule has 0 amide bonds. The zero-order chi connectivity index (χ0) is 19.8. The average Bonchev–Trinajstić information content (AvgIpc) is 3.24. The van der Waals surface area contributed by atoms with Gasteiger partial charge in [0, 0.05) is 18.2 Å². The molecule has 152 valence electrons. The molecule has 2 aliphatic rings. The smallest absolute Gasteiger partial charge is 0.146 e. The van der Waals surface area contributed by atoms with Crippen molar-refractivity contribution in [1.29, 1.82) is 0 Å². The normalized spacial score (nSPS) is 23.0. The van der Waals surface area contributed by atoms with E-state index in [2.05, 4.69) is 15.3 Å². The highest BCUT2D eigenvalue weighted by atomic mass is 19.1. The Bertz CT molecular complexity index is 1020. The van der Waals surface area contributed by atoms with Crippen molar-refractivity contribution in [3.8, 4) is 5.75 Å².